The van der Waals surface area contributed by atoms with Gasteiger partial charge in [-0.1, -0.05) is 12.1 Å². The summed E-state index contributed by atoms with van der Waals surface area (Å²) >= 11 is 0. The van der Waals surface area contributed by atoms with E-state index < -0.39 is 26.0 Å². The fraction of sp³-hybridized carbons (Fsp3) is 0.235. The summed E-state index contributed by atoms with van der Waals surface area (Å²) in [6.45, 7) is -0.150. The third kappa shape index (κ3) is 3.32. The van der Waals surface area contributed by atoms with Crippen molar-refractivity contribution >= 4 is 26.0 Å². The average molecular weight is 426 g/mol. The molecular weight excluding hydrogens is 408 g/mol. The van der Waals surface area contributed by atoms with Crippen LogP contribution >= 0.6 is 0 Å². The van der Waals surface area contributed by atoms with Gasteiger partial charge in [0.25, 0.3) is 15.9 Å². The molecular formula is C17H18N2O7S2. The van der Waals surface area contributed by atoms with Gasteiger partial charge in [-0.25, -0.2) is 26.3 Å². The zero-order valence-electron chi connectivity index (χ0n) is 15.1. The first-order valence-corrected chi connectivity index (χ1v) is 11.0. The fourth-order valence-corrected chi connectivity index (χ4v) is 5.30. The number of nitrogens with two attached hydrogens (primary N) is 1. The molecule has 3 rings (SSSR count). The van der Waals surface area contributed by atoms with Gasteiger partial charge in [0.2, 0.25) is 10.0 Å². The number of fused-ring (bicyclic) bond motifs is 1. The van der Waals surface area contributed by atoms with Crippen LogP contribution in [0.3, 0.4) is 0 Å². The highest BCUT2D eigenvalue weighted by Gasteiger charge is 2.37. The highest BCUT2D eigenvalue weighted by molar-refractivity contribution is 7.90. The maximum Gasteiger partial charge on any atom is 0.270 e. The molecule has 0 bridgehead atoms. The lowest BCUT2D eigenvalue weighted by Crippen LogP contribution is -2.42. The Morgan fingerprint density at radius 3 is 2.21 bits per heavy atom. The number of benzene rings is 2. The monoisotopic (exact) mass is 426 g/mol. The van der Waals surface area contributed by atoms with Crippen molar-refractivity contribution in [2.75, 3.05) is 20.8 Å². The number of para-hydroxylation sites is 1. The van der Waals surface area contributed by atoms with E-state index in [1.54, 1.807) is 6.07 Å². The zero-order chi connectivity index (χ0) is 20.7. The SMILES string of the molecule is COc1cc2c(cc1S(N)(=O)=O)CCN(S(=O)(=O)c1ccccc1OC)C2=O. The fourth-order valence-electron chi connectivity index (χ4n) is 3.03. The Hall–Kier alpha value is -2.63. The zero-order valence-corrected chi connectivity index (χ0v) is 16.7. The van der Waals surface area contributed by atoms with Gasteiger partial charge in [-0.05, 0) is 36.2 Å². The number of primary sulfonamides is 1. The summed E-state index contributed by atoms with van der Waals surface area (Å²) in [5.41, 5.74) is 0.412. The van der Waals surface area contributed by atoms with Crippen LogP contribution in [0, 0.1) is 0 Å². The van der Waals surface area contributed by atoms with E-state index >= 15 is 0 Å². The minimum Gasteiger partial charge on any atom is -0.495 e. The standard InChI is InChI=1S/C17H18N2O7S2/c1-25-13-5-3-4-6-15(13)28(23,24)19-8-7-11-9-16(27(18,21)22)14(26-2)10-12(11)17(19)20/h3-6,9-10H,7-8H2,1-2H3,(H2,18,21,22). The van der Waals surface area contributed by atoms with E-state index in [0.717, 1.165) is 4.31 Å². The second-order valence-corrected chi connectivity index (χ2v) is 9.35. The Labute approximate surface area is 162 Å². The summed E-state index contributed by atoms with van der Waals surface area (Å²) in [5, 5.41) is 5.19. The predicted molar refractivity (Wildman–Crippen MR) is 99.3 cm³/mol. The molecule has 28 heavy (non-hydrogen) atoms. The highest BCUT2D eigenvalue weighted by atomic mass is 32.2. The number of methoxy groups -OCH3 is 2. The van der Waals surface area contributed by atoms with Gasteiger partial charge in [0.1, 0.15) is 21.3 Å². The molecule has 0 radical (unpaired) electrons. The number of sulfonamides is 2. The number of nitrogens with zero attached hydrogens (tertiary/aromatic N) is 1. The van der Waals surface area contributed by atoms with E-state index in [9.17, 15) is 21.6 Å². The number of hydrogen-bond acceptors (Lipinski definition) is 7. The van der Waals surface area contributed by atoms with E-state index in [4.69, 9.17) is 14.6 Å². The second-order valence-electron chi connectivity index (χ2n) is 5.99. The number of carbonyl (C=O) groups excluding carboxylic acids is 1. The molecule has 1 heterocycles. The lowest BCUT2D eigenvalue weighted by Gasteiger charge is -2.29. The summed E-state index contributed by atoms with van der Waals surface area (Å²) in [7, 11) is -5.69. The van der Waals surface area contributed by atoms with Crippen molar-refractivity contribution in [1.29, 1.82) is 0 Å². The van der Waals surface area contributed by atoms with E-state index in [-0.39, 0.29) is 39.8 Å². The first-order valence-electron chi connectivity index (χ1n) is 8.05. The molecule has 0 atom stereocenters. The first-order chi connectivity index (χ1) is 13.1. The summed E-state index contributed by atoms with van der Waals surface area (Å²) < 4.78 is 60.5. The van der Waals surface area contributed by atoms with E-state index in [1.165, 1.54) is 44.6 Å². The van der Waals surface area contributed by atoms with Crippen molar-refractivity contribution in [3.05, 3.63) is 47.5 Å². The largest absolute Gasteiger partial charge is 0.495 e. The van der Waals surface area contributed by atoms with Crippen LogP contribution in [0.25, 0.3) is 0 Å². The number of hydrogen-bond donors (Lipinski definition) is 1. The molecule has 2 aromatic carbocycles. The smallest absolute Gasteiger partial charge is 0.270 e. The van der Waals surface area contributed by atoms with Gasteiger partial charge in [-0.2, -0.15) is 0 Å². The number of rotatable bonds is 5. The molecule has 0 saturated carbocycles. The molecule has 0 aliphatic carbocycles. The van der Waals surface area contributed by atoms with Crippen molar-refractivity contribution in [3.63, 3.8) is 0 Å². The Morgan fingerprint density at radius 2 is 1.61 bits per heavy atom. The van der Waals surface area contributed by atoms with Gasteiger partial charge < -0.3 is 9.47 Å². The normalized spacial score (nSPS) is 14.5. The molecule has 11 heteroatoms. The van der Waals surface area contributed by atoms with E-state index in [0.29, 0.717) is 5.56 Å². The van der Waals surface area contributed by atoms with Crippen LogP contribution in [-0.4, -0.2) is 47.8 Å². The van der Waals surface area contributed by atoms with Gasteiger partial charge in [-0.15, -0.1) is 0 Å². The van der Waals surface area contributed by atoms with Crippen LogP contribution in [-0.2, 0) is 26.5 Å². The Bertz CT molecular complexity index is 1160. The maximum atomic E-state index is 13.0. The van der Waals surface area contributed by atoms with Crippen LogP contribution in [0.5, 0.6) is 11.5 Å². The molecule has 1 amide bonds. The van der Waals surface area contributed by atoms with Crippen molar-refractivity contribution in [3.8, 4) is 11.5 Å². The van der Waals surface area contributed by atoms with Gasteiger partial charge >= 0.3 is 0 Å². The Balaban J connectivity index is 2.11. The molecule has 0 spiro atoms. The molecule has 2 aromatic rings. The quantitative estimate of drug-likeness (QED) is 0.745. The Kier molecular flexibility index (Phi) is 5.08. The van der Waals surface area contributed by atoms with Crippen molar-refractivity contribution < 1.29 is 31.1 Å². The number of amides is 1. The van der Waals surface area contributed by atoms with Gasteiger partial charge in [0, 0.05) is 12.1 Å². The third-order valence-electron chi connectivity index (χ3n) is 4.37. The van der Waals surface area contributed by atoms with Gasteiger partial charge in [0.05, 0.1) is 14.2 Å². The first kappa shape index (κ1) is 20.1. The predicted octanol–water partition coefficient (Wildman–Crippen LogP) is 0.738. The molecule has 1 aliphatic rings. The summed E-state index contributed by atoms with van der Waals surface area (Å²) in [6, 6.07) is 8.41. The maximum absolute atomic E-state index is 13.0. The molecule has 0 saturated heterocycles. The van der Waals surface area contributed by atoms with Crippen LogP contribution < -0.4 is 14.6 Å². The van der Waals surface area contributed by atoms with Crippen molar-refractivity contribution in [2.24, 2.45) is 5.14 Å². The average Bonchev–Trinajstić information content (AvgIpc) is 2.66. The number of carbonyl (C=O) groups is 1. The van der Waals surface area contributed by atoms with Gasteiger partial charge in [0.15, 0.2) is 0 Å². The Morgan fingerprint density at radius 1 is 0.964 bits per heavy atom. The summed E-state index contributed by atoms with van der Waals surface area (Å²) in [6.07, 6.45) is 0.127. The number of ether oxygens (including phenoxy) is 2. The minimum absolute atomic E-state index is 0.0361. The van der Waals surface area contributed by atoms with Crippen LogP contribution in [0.2, 0.25) is 0 Å². The molecule has 1 aliphatic heterocycles. The molecule has 150 valence electrons. The molecule has 0 unspecified atom stereocenters. The van der Waals surface area contributed by atoms with E-state index in [2.05, 4.69) is 0 Å². The van der Waals surface area contributed by atoms with Crippen LogP contribution in [0.1, 0.15) is 15.9 Å². The highest BCUT2D eigenvalue weighted by Crippen LogP contribution is 2.34. The van der Waals surface area contributed by atoms with E-state index in [1.807, 2.05) is 0 Å². The second kappa shape index (κ2) is 7.08. The van der Waals surface area contributed by atoms with Crippen molar-refractivity contribution in [2.45, 2.75) is 16.2 Å². The molecule has 2 N–H and O–H groups in total. The lowest BCUT2D eigenvalue weighted by atomic mass is 10.00. The van der Waals surface area contributed by atoms with Gasteiger partial charge in [-0.3, -0.25) is 4.79 Å². The summed E-state index contributed by atoms with van der Waals surface area (Å²) in [5.74, 6) is -0.805. The van der Waals surface area contributed by atoms with Crippen molar-refractivity contribution in [1.82, 2.24) is 4.31 Å². The van der Waals surface area contributed by atoms with Crippen LogP contribution in [0.15, 0.2) is 46.2 Å². The topological polar surface area (TPSA) is 133 Å². The third-order valence-corrected chi connectivity index (χ3v) is 7.13. The minimum atomic E-state index is -4.18. The molecule has 9 nitrogen and oxygen atoms in total. The lowest BCUT2D eigenvalue weighted by molar-refractivity contribution is 0.0849. The summed E-state index contributed by atoms with van der Waals surface area (Å²) in [4.78, 5) is 12.5. The van der Waals surface area contributed by atoms with Crippen LogP contribution in [0.4, 0.5) is 0 Å². The molecule has 0 fully saturated rings. The molecule has 0 aromatic heterocycles.